The second kappa shape index (κ2) is 6.16. The standard InChI is InChI=1S/C21H21NO4/c1-21(19(23)24,13-10-11-13)22-20(25)26-12-18-16-8-4-2-6-14(16)15-7-3-5-9-17(15)18/h2-9,13,18H,10-12H2,1H3,(H,22,25)(H,23,24)/t21-/m1/s1. The molecule has 0 aliphatic heterocycles. The summed E-state index contributed by atoms with van der Waals surface area (Å²) in [5.41, 5.74) is 3.31. The van der Waals surface area contributed by atoms with Crippen LogP contribution >= 0.6 is 0 Å². The number of ether oxygens (including phenoxy) is 1. The molecule has 0 saturated heterocycles. The number of nitrogens with one attached hydrogen (secondary N) is 1. The zero-order chi connectivity index (χ0) is 18.3. The van der Waals surface area contributed by atoms with E-state index in [2.05, 4.69) is 17.4 Å². The number of benzene rings is 2. The Hall–Kier alpha value is -2.82. The zero-order valence-corrected chi connectivity index (χ0v) is 14.6. The van der Waals surface area contributed by atoms with E-state index in [4.69, 9.17) is 4.74 Å². The van der Waals surface area contributed by atoms with E-state index in [9.17, 15) is 14.7 Å². The summed E-state index contributed by atoms with van der Waals surface area (Å²) in [6, 6.07) is 16.2. The van der Waals surface area contributed by atoms with Crippen molar-refractivity contribution in [1.29, 1.82) is 0 Å². The van der Waals surface area contributed by atoms with Crippen LogP contribution < -0.4 is 5.32 Å². The Morgan fingerprint density at radius 1 is 1.08 bits per heavy atom. The molecule has 26 heavy (non-hydrogen) atoms. The summed E-state index contributed by atoms with van der Waals surface area (Å²) in [5.74, 6) is -1.08. The third-order valence-electron chi connectivity index (χ3n) is 5.54. The predicted octanol–water partition coefficient (Wildman–Crippen LogP) is 3.78. The van der Waals surface area contributed by atoms with Crippen LogP contribution in [-0.4, -0.2) is 29.3 Å². The van der Waals surface area contributed by atoms with E-state index in [0.717, 1.165) is 35.1 Å². The number of carboxylic acid groups (broad SMARTS) is 1. The molecule has 2 N–H and O–H groups in total. The molecule has 0 heterocycles. The lowest BCUT2D eigenvalue weighted by molar-refractivity contribution is -0.144. The summed E-state index contributed by atoms with van der Waals surface area (Å²) >= 11 is 0. The van der Waals surface area contributed by atoms with Crippen LogP contribution in [-0.2, 0) is 9.53 Å². The van der Waals surface area contributed by atoms with E-state index in [-0.39, 0.29) is 18.4 Å². The average Bonchev–Trinajstić information content (AvgIpc) is 3.44. The highest BCUT2D eigenvalue weighted by Crippen LogP contribution is 2.44. The van der Waals surface area contributed by atoms with Crippen molar-refractivity contribution in [3.63, 3.8) is 0 Å². The third-order valence-corrected chi connectivity index (χ3v) is 5.54. The number of alkyl carbamates (subject to hydrolysis) is 1. The Bertz CT molecular complexity index is 828. The number of hydrogen-bond donors (Lipinski definition) is 2. The Morgan fingerprint density at radius 2 is 1.62 bits per heavy atom. The van der Waals surface area contributed by atoms with Gasteiger partial charge in [-0.1, -0.05) is 48.5 Å². The van der Waals surface area contributed by atoms with Gasteiger partial charge in [-0.15, -0.1) is 0 Å². The van der Waals surface area contributed by atoms with E-state index < -0.39 is 17.6 Å². The summed E-state index contributed by atoms with van der Waals surface area (Å²) in [5, 5.41) is 12.0. The fourth-order valence-corrected chi connectivity index (χ4v) is 3.84. The fourth-order valence-electron chi connectivity index (χ4n) is 3.84. The number of carbonyl (C=O) groups is 2. The zero-order valence-electron chi connectivity index (χ0n) is 14.6. The molecule has 0 spiro atoms. The first-order valence-electron chi connectivity index (χ1n) is 8.87. The van der Waals surface area contributed by atoms with Crippen molar-refractivity contribution in [3.8, 4) is 11.1 Å². The predicted molar refractivity (Wildman–Crippen MR) is 97.0 cm³/mol. The van der Waals surface area contributed by atoms with E-state index in [1.165, 1.54) is 0 Å². The minimum atomic E-state index is -1.26. The van der Waals surface area contributed by atoms with Gasteiger partial charge in [-0.2, -0.15) is 0 Å². The number of aliphatic carboxylic acids is 1. The molecular weight excluding hydrogens is 330 g/mol. The molecule has 2 aromatic rings. The lowest BCUT2D eigenvalue weighted by Crippen LogP contribution is -2.54. The summed E-state index contributed by atoms with van der Waals surface area (Å²) in [6.07, 6.45) is 0.947. The van der Waals surface area contributed by atoms with Crippen LogP contribution in [0.25, 0.3) is 11.1 Å². The van der Waals surface area contributed by atoms with Gasteiger partial charge in [0.25, 0.3) is 0 Å². The van der Waals surface area contributed by atoms with Crippen molar-refractivity contribution in [2.24, 2.45) is 5.92 Å². The summed E-state index contributed by atoms with van der Waals surface area (Å²) < 4.78 is 5.45. The third kappa shape index (κ3) is 2.73. The number of amides is 1. The second-order valence-electron chi connectivity index (χ2n) is 7.23. The minimum absolute atomic E-state index is 0.0273. The summed E-state index contributed by atoms with van der Waals surface area (Å²) in [6.45, 7) is 1.73. The number of rotatable bonds is 5. The fraction of sp³-hybridized carbons (Fsp3) is 0.333. The van der Waals surface area contributed by atoms with Crippen LogP contribution in [0.4, 0.5) is 4.79 Å². The molecule has 1 fully saturated rings. The molecule has 5 nitrogen and oxygen atoms in total. The minimum Gasteiger partial charge on any atom is -0.480 e. The Morgan fingerprint density at radius 3 is 2.12 bits per heavy atom. The molecule has 1 atom stereocenters. The van der Waals surface area contributed by atoms with Gasteiger partial charge in [-0.3, -0.25) is 0 Å². The van der Waals surface area contributed by atoms with Crippen molar-refractivity contribution in [1.82, 2.24) is 5.32 Å². The second-order valence-corrected chi connectivity index (χ2v) is 7.23. The first-order valence-corrected chi connectivity index (χ1v) is 8.87. The lowest BCUT2D eigenvalue weighted by Gasteiger charge is -2.26. The van der Waals surface area contributed by atoms with Gasteiger partial charge in [0.05, 0.1) is 0 Å². The topological polar surface area (TPSA) is 75.6 Å². The molecule has 134 valence electrons. The van der Waals surface area contributed by atoms with E-state index >= 15 is 0 Å². The van der Waals surface area contributed by atoms with Crippen molar-refractivity contribution in [2.75, 3.05) is 6.61 Å². The Balaban J connectivity index is 1.50. The molecule has 2 aliphatic rings. The van der Waals surface area contributed by atoms with Crippen LogP contribution in [0.3, 0.4) is 0 Å². The number of carbonyl (C=O) groups excluding carboxylic acids is 1. The van der Waals surface area contributed by atoms with Crippen LogP contribution in [0, 0.1) is 5.92 Å². The molecule has 0 aromatic heterocycles. The number of hydrogen-bond acceptors (Lipinski definition) is 3. The largest absolute Gasteiger partial charge is 0.480 e. The maximum Gasteiger partial charge on any atom is 0.408 e. The van der Waals surface area contributed by atoms with Crippen molar-refractivity contribution >= 4 is 12.1 Å². The molecule has 2 aromatic carbocycles. The lowest BCUT2D eigenvalue weighted by atomic mass is 9.96. The SMILES string of the molecule is C[C@](NC(=O)OCC1c2ccccc2-c2ccccc21)(C(=O)O)C1CC1. The highest BCUT2D eigenvalue weighted by Gasteiger charge is 2.49. The molecule has 0 radical (unpaired) electrons. The highest BCUT2D eigenvalue weighted by molar-refractivity contribution is 5.85. The maximum absolute atomic E-state index is 12.3. The van der Waals surface area contributed by atoms with Gasteiger partial charge in [0.2, 0.25) is 0 Å². The average molecular weight is 351 g/mol. The number of carboxylic acids is 1. The van der Waals surface area contributed by atoms with Crippen LogP contribution in [0.5, 0.6) is 0 Å². The molecule has 0 bridgehead atoms. The maximum atomic E-state index is 12.3. The van der Waals surface area contributed by atoms with Gasteiger partial charge in [0, 0.05) is 5.92 Å². The smallest absolute Gasteiger partial charge is 0.408 e. The van der Waals surface area contributed by atoms with Crippen LogP contribution in [0.15, 0.2) is 48.5 Å². The summed E-state index contributed by atoms with van der Waals surface area (Å²) in [4.78, 5) is 23.8. The van der Waals surface area contributed by atoms with Gasteiger partial charge in [0.1, 0.15) is 12.1 Å². The quantitative estimate of drug-likeness (QED) is 0.860. The summed E-state index contributed by atoms with van der Waals surface area (Å²) in [7, 11) is 0. The van der Waals surface area contributed by atoms with Gasteiger partial charge in [-0.25, -0.2) is 9.59 Å². The molecule has 1 saturated carbocycles. The molecule has 2 aliphatic carbocycles. The van der Waals surface area contributed by atoms with Crippen LogP contribution in [0.1, 0.15) is 36.8 Å². The Kier molecular flexibility index (Phi) is 3.94. The van der Waals surface area contributed by atoms with Gasteiger partial charge in [0.15, 0.2) is 0 Å². The van der Waals surface area contributed by atoms with Crippen molar-refractivity contribution in [3.05, 3.63) is 59.7 Å². The first-order chi connectivity index (χ1) is 12.5. The molecule has 1 amide bonds. The Labute approximate surface area is 152 Å². The monoisotopic (exact) mass is 351 g/mol. The number of fused-ring (bicyclic) bond motifs is 3. The molecule has 5 heteroatoms. The molecular formula is C21H21NO4. The first kappa shape index (κ1) is 16.6. The van der Waals surface area contributed by atoms with E-state index in [1.54, 1.807) is 6.92 Å². The van der Waals surface area contributed by atoms with Gasteiger partial charge in [-0.05, 0) is 47.9 Å². The highest BCUT2D eigenvalue weighted by atomic mass is 16.5. The van der Waals surface area contributed by atoms with E-state index in [0.29, 0.717) is 0 Å². The van der Waals surface area contributed by atoms with Gasteiger partial charge >= 0.3 is 12.1 Å². The molecule has 0 unspecified atom stereocenters. The van der Waals surface area contributed by atoms with E-state index in [1.807, 2.05) is 36.4 Å². The molecule has 4 rings (SSSR count). The van der Waals surface area contributed by atoms with Crippen LogP contribution in [0.2, 0.25) is 0 Å². The van der Waals surface area contributed by atoms with Gasteiger partial charge < -0.3 is 15.2 Å². The van der Waals surface area contributed by atoms with Crippen molar-refractivity contribution < 1.29 is 19.4 Å². The normalized spacial score (nSPS) is 17.7. The van der Waals surface area contributed by atoms with Crippen molar-refractivity contribution in [2.45, 2.75) is 31.2 Å².